The van der Waals surface area contributed by atoms with E-state index >= 15 is 0 Å². The fourth-order valence-electron chi connectivity index (χ4n) is 0.946. The van der Waals surface area contributed by atoms with Gasteiger partial charge in [-0.1, -0.05) is 0 Å². The maximum Gasteiger partial charge on any atom is 0.308 e. The predicted octanol–water partition coefficient (Wildman–Crippen LogP) is 0.998. The number of aliphatic carboxylic acids is 1. The zero-order chi connectivity index (χ0) is 10.6. The van der Waals surface area contributed by atoms with Gasteiger partial charge in [-0.2, -0.15) is 0 Å². The van der Waals surface area contributed by atoms with Gasteiger partial charge in [0.15, 0.2) is 0 Å². The molecule has 14 heavy (non-hydrogen) atoms. The van der Waals surface area contributed by atoms with Crippen LogP contribution in [0, 0.1) is 5.92 Å². The Morgan fingerprint density at radius 2 is 2.21 bits per heavy atom. The summed E-state index contributed by atoms with van der Waals surface area (Å²) in [4.78, 5) is 18.5. The smallest absolute Gasteiger partial charge is 0.308 e. The molecule has 0 saturated heterocycles. The third-order valence-corrected chi connectivity index (χ3v) is 2.08. The van der Waals surface area contributed by atoms with E-state index in [0.717, 1.165) is 0 Å². The summed E-state index contributed by atoms with van der Waals surface area (Å²) in [5, 5.41) is 11.7. The lowest BCUT2D eigenvalue weighted by atomic mass is 10.0. The molecule has 5 nitrogen and oxygen atoms in total. The zero-order valence-electron chi connectivity index (χ0n) is 8.14. The average molecular weight is 195 g/mol. The van der Waals surface area contributed by atoms with Gasteiger partial charge in [-0.05, 0) is 13.8 Å². The van der Waals surface area contributed by atoms with Crippen LogP contribution in [0.15, 0.2) is 18.6 Å². The zero-order valence-corrected chi connectivity index (χ0v) is 8.14. The topological polar surface area (TPSA) is 75.1 Å². The van der Waals surface area contributed by atoms with Gasteiger partial charge in [0.1, 0.15) is 5.82 Å². The van der Waals surface area contributed by atoms with Crippen molar-refractivity contribution in [3.8, 4) is 0 Å². The van der Waals surface area contributed by atoms with E-state index in [0.29, 0.717) is 5.82 Å². The first-order chi connectivity index (χ1) is 6.61. The highest BCUT2D eigenvalue weighted by molar-refractivity contribution is 5.70. The molecule has 0 fully saturated rings. The second kappa shape index (κ2) is 4.55. The van der Waals surface area contributed by atoms with Crippen LogP contribution in [0.1, 0.15) is 13.8 Å². The molecule has 0 radical (unpaired) electrons. The molecule has 1 aromatic heterocycles. The van der Waals surface area contributed by atoms with Crippen LogP contribution in [0.25, 0.3) is 0 Å². The molecule has 0 aliphatic rings. The van der Waals surface area contributed by atoms with Crippen molar-refractivity contribution in [3.63, 3.8) is 0 Å². The average Bonchev–Trinajstić information content (AvgIpc) is 2.18. The van der Waals surface area contributed by atoms with Crippen LogP contribution >= 0.6 is 0 Å². The third kappa shape index (κ3) is 2.69. The maximum atomic E-state index is 10.7. The maximum absolute atomic E-state index is 10.7. The Labute approximate surface area is 82.2 Å². The number of aromatic nitrogens is 2. The minimum atomic E-state index is -0.825. The van der Waals surface area contributed by atoms with Crippen LogP contribution in [0.5, 0.6) is 0 Å². The molecule has 0 saturated carbocycles. The van der Waals surface area contributed by atoms with Gasteiger partial charge in [0.25, 0.3) is 0 Å². The van der Waals surface area contributed by atoms with E-state index in [2.05, 4.69) is 15.3 Å². The normalized spacial score (nSPS) is 14.4. The minimum Gasteiger partial charge on any atom is -0.481 e. The Morgan fingerprint density at radius 1 is 1.50 bits per heavy atom. The molecule has 1 aromatic rings. The Balaban J connectivity index is 2.57. The van der Waals surface area contributed by atoms with Crippen molar-refractivity contribution in [2.24, 2.45) is 5.92 Å². The second-order valence-corrected chi connectivity index (χ2v) is 3.15. The summed E-state index contributed by atoms with van der Waals surface area (Å²) in [6.45, 7) is 3.45. The van der Waals surface area contributed by atoms with E-state index < -0.39 is 11.9 Å². The van der Waals surface area contributed by atoms with Gasteiger partial charge in [-0.3, -0.25) is 9.78 Å². The van der Waals surface area contributed by atoms with Gasteiger partial charge in [0.2, 0.25) is 0 Å². The molecule has 0 amide bonds. The van der Waals surface area contributed by atoms with Gasteiger partial charge in [-0.25, -0.2) is 4.98 Å². The van der Waals surface area contributed by atoms with Crippen molar-refractivity contribution in [3.05, 3.63) is 18.6 Å². The highest BCUT2D eigenvalue weighted by Gasteiger charge is 2.19. The van der Waals surface area contributed by atoms with Gasteiger partial charge in [0.05, 0.1) is 12.1 Å². The SMILES string of the molecule is CC(Nc1cnccn1)C(C)C(=O)O. The van der Waals surface area contributed by atoms with Crippen LogP contribution in [-0.2, 0) is 4.79 Å². The van der Waals surface area contributed by atoms with Crippen molar-refractivity contribution in [1.82, 2.24) is 9.97 Å². The molecular weight excluding hydrogens is 182 g/mol. The fourth-order valence-corrected chi connectivity index (χ4v) is 0.946. The van der Waals surface area contributed by atoms with E-state index in [1.807, 2.05) is 0 Å². The van der Waals surface area contributed by atoms with E-state index in [-0.39, 0.29) is 6.04 Å². The predicted molar refractivity (Wildman–Crippen MR) is 51.9 cm³/mol. The third-order valence-electron chi connectivity index (χ3n) is 2.08. The van der Waals surface area contributed by atoms with Crippen molar-refractivity contribution in [2.75, 3.05) is 5.32 Å². The second-order valence-electron chi connectivity index (χ2n) is 3.15. The first kappa shape index (κ1) is 10.4. The van der Waals surface area contributed by atoms with E-state index in [1.54, 1.807) is 32.4 Å². The number of hydrogen-bond donors (Lipinski definition) is 2. The molecular formula is C9H13N3O2. The summed E-state index contributed by atoms with van der Waals surface area (Å²) in [7, 11) is 0. The first-order valence-electron chi connectivity index (χ1n) is 4.36. The highest BCUT2D eigenvalue weighted by atomic mass is 16.4. The molecule has 1 heterocycles. The molecule has 1 rings (SSSR count). The Morgan fingerprint density at radius 3 is 2.71 bits per heavy atom. The summed E-state index contributed by atoms with van der Waals surface area (Å²) in [5.74, 6) is -0.695. The summed E-state index contributed by atoms with van der Waals surface area (Å²) >= 11 is 0. The van der Waals surface area contributed by atoms with Crippen molar-refractivity contribution < 1.29 is 9.90 Å². The quantitative estimate of drug-likeness (QED) is 0.749. The molecule has 5 heteroatoms. The lowest BCUT2D eigenvalue weighted by molar-refractivity contribution is -0.141. The van der Waals surface area contributed by atoms with Gasteiger partial charge in [-0.15, -0.1) is 0 Å². The molecule has 2 N–H and O–H groups in total. The van der Waals surface area contributed by atoms with Crippen LogP contribution < -0.4 is 5.32 Å². The monoisotopic (exact) mass is 195 g/mol. The molecule has 2 unspecified atom stereocenters. The number of carboxylic acids is 1. The summed E-state index contributed by atoms with van der Waals surface area (Å²) < 4.78 is 0. The molecule has 0 bridgehead atoms. The molecule has 76 valence electrons. The Kier molecular flexibility index (Phi) is 3.39. The Hall–Kier alpha value is -1.65. The van der Waals surface area contributed by atoms with E-state index in [1.165, 1.54) is 0 Å². The van der Waals surface area contributed by atoms with Crippen LogP contribution in [0.4, 0.5) is 5.82 Å². The number of carbonyl (C=O) groups is 1. The molecule has 0 spiro atoms. The van der Waals surface area contributed by atoms with Gasteiger partial charge < -0.3 is 10.4 Å². The lowest BCUT2D eigenvalue weighted by Crippen LogP contribution is -2.30. The number of nitrogens with one attached hydrogen (secondary N) is 1. The van der Waals surface area contributed by atoms with Gasteiger partial charge in [0, 0.05) is 18.4 Å². The number of carboxylic acid groups (broad SMARTS) is 1. The minimum absolute atomic E-state index is 0.177. The number of anilines is 1. The van der Waals surface area contributed by atoms with Crippen LogP contribution in [0.2, 0.25) is 0 Å². The Bertz CT molecular complexity index is 302. The molecule has 0 aliphatic carbocycles. The number of nitrogens with zero attached hydrogens (tertiary/aromatic N) is 2. The van der Waals surface area contributed by atoms with E-state index in [4.69, 9.17) is 5.11 Å². The van der Waals surface area contributed by atoms with Crippen LogP contribution in [-0.4, -0.2) is 27.1 Å². The largest absolute Gasteiger partial charge is 0.481 e. The van der Waals surface area contributed by atoms with Crippen molar-refractivity contribution in [1.29, 1.82) is 0 Å². The first-order valence-corrected chi connectivity index (χ1v) is 4.36. The summed E-state index contributed by atoms with van der Waals surface area (Å²) in [6.07, 6.45) is 4.68. The molecule has 0 aromatic carbocycles. The lowest BCUT2D eigenvalue weighted by Gasteiger charge is -2.17. The number of rotatable bonds is 4. The summed E-state index contributed by atoms with van der Waals surface area (Å²) in [5.41, 5.74) is 0. The molecule has 2 atom stereocenters. The molecule has 0 aliphatic heterocycles. The highest BCUT2D eigenvalue weighted by Crippen LogP contribution is 2.08. The van der Waals surface area contributed by atoms with Crippen LogP contribution in [0.3, 0.4) is 0 Å². The number of hydrogen-bond acceptors (Lipinski definition) is 4. The van der Waals surface area contributed by atoms with Gasteiger partial charge >= 0.3 is 5.97 Å². The summed E-state index contributed by atoms with van der Waals surface area (Å²) in [6, 6.07) is -0.177. The fraction of sp³-hybridized carbons (Fsp3) is 0.444. The van der Waals surface area contributed by atoms with E-state index in [9.17, 15) is 4.79 Å². The van der Waals surface area contributed by atoms with Crippen molar-refractivity contribution >= 4 is 11.8 Å². The van der Waals surface area contributed by atoms with Crippen molar-refractivity contribution in [2.45, 2.75) is 19.9 Å². The standard InChI is InChI=1S/C9H13N3O2/c1-6(9(13)14)7(2)12-8-5-10-3-4-11-8/h3-7H,1-2H3,(H,11,12)(H,13,14).